The van der Waals surface area contributed by atoms with Gasteiger partial charge in [-0.15, -0.1) is 0 Å². The zero-order chi connectivity index (χ0) is 20.8. The Morgan fingerprint density at radius 3 is 2.63 bits per heavy atom. The number of nitrogens with zero attached hydrogens (tertiary/aromatic N) is 4. The predicted octanol–water partition coefficient (Wildman–Crippen LogP) is 5.52. The van der Waals surface area contributed by atoms with Gasteiger partial charge in [0.05, 0.1) is 23.2 Å². The number of hydrogen-bond donors (Lipinski definition) is 0. The smallest absolute Gasteiger partial charge is 0.338 e. The Hall–Kier alpha value is -2.75. The van der Waals surface area contributed by atoms with Crippen molar-refractivity contribution in [3.63, 3.8) is 0 Å². The van der Waals surface area contributed by atoms with Crippen LogP contribution in [0.2, 0.25) is 0 Å². The van der Waals surface area contributed by atoms with Gasteiger partial charge in [-0.3, -0.25) is 8.97 Å². The first kappa shape index (κ1) is 19.2. The van der Waals surface area contributed by atoms with Crippen molar-refractivity contribution in [2.24, 2.45) is 0 Å². The van der Waals surface area contributed by atoms with Gasteiger partial charge in [-0.1, -0.05) is 35.2 Å². The molecular weight excluding hydrogens is 436 g/mol. The van der Waals surface area contributed by atoms with E-state index in [4.69, 9.17) is 26.9 Å². The Morgan fingerprint density at radius 1 is 1.13 bits per heavy atom. The summed E-state index contributed by atoms with van der Waals surface area (Å²) in [4.78, 5) is 21.7. The third-order valence-electron chi connectivity index (χ3n) is 4.76. The molecule has 0 bridgehead atoms. The molecule has 9 heteroatoms. The number of carbonyl (C=O) groups excluding carboxylic acids is 1. The van der Waals surface area contributed by atoms with Gasteiger partial charge in [0.15, 0.2) is 20.4 Å². The number of rotatable bonds is 4. The average Bonchev–Trinajstić information content (AvgIpc) is 3.31. The van der Waals surface area contributed by atoms with Crippen LogP contribution in [-0.2, 0) is 4.74 Å². The highest BCUT2D eigenvalue weighted by atomic mass is 32.2. The molecule has 0 saturated carbocycles. The summed E-state index contributed by atoms with van der Waals surface area (Å²) in [6, 6.07) is 15.3. The standard InChI is InChI=1S/C21H16N4O2S3/c1-3-27-19(26)12-8-10-13(11-9-12)24-18-16(30-21(24)28)17-22-14-6-4-5-7-15(14)25(17)20(23-18)29-2/h4-11H,3H2,1-2H3. The normalized spacial score (nSPS) is 11.5. The van der Waals surface area contributed by atoms with Gasteiger partial charge in [-0.05, 0) is 61.8 Å². The summed E-state index contributed by atoms with van der Waals surface area (Å²) < 4.78 is 10.7. The zero-order valence-corrected chi connectivity index (χ0v) is 18.6. The summed E-state index contributed by atoms with van der Waals surface area (Å²) in [5, 5.41) is 0.843. The highest BCUT2D eigenvalue weighted by molar-refractivity contribution is 7.98. The van der Waals surface area contributed by atoms with E-state index in [1.165, 1.54) is 11.3 Å². The van der Waals surface area contributed by atoms with Gasteiger partial charge in [0, 0.05) is 5.69 Å². The van der Waals surface area contributed by atoms with Crippen molar-refractivity contribution in [3.8, 4) is 5.69 Å². The van der Waals surface area contributed by atoms with Crippen LogP contribution in [0.25, 0.3) is 32.7 Å². The largest absolute Gasteiger partial charge is 0.462 e. The lowest BCUT2D eigenvalue weighted by molar-refractivity contribution is 0.0526. The molecule has 6 nitrogen and oxygen atoms in total. The molecule has 3 heterocycles. The number of aromatic nitrogens is 4. The Labute approximate surface area is 185 Å². The maximum absolute atomic E-state index is 12.0. The number of hydrogen-bond acceptors (Lipinski definition) is 7. The van der Waals surface area contributed by atoms with Crippen LogP contribution in [0.1, 0.15) is 17.3 Å². The van der Waals surface area contributed by atoms with E-state index in [0.29, 0.717) is 16.1 Å². The van der Waals surface area contributed by atoms with Crippen LogP contribution in [0.15, 0.2) is 53.7 Å². The van der Waals surface area contributed by atoms with E-state index in [1.54, 1.807) is 30.8 Å². The summed E-state index contributed by atoms with van der Waals surface area (Å²) in [6.45, 7) is 2.13. The van der Waals surface area contributed by atoms with Crippen LogP contribution in [-0.4, -0.2) is 37.8 Å². The van der Waals surface area contributed by atoms with E-state index < -0.39 is 0 Å². The highest BCUT2D eigenvalue weighted by Crippen LogP contribution is 2.33. The van der Waals surface area contributed by atoms with Crippen molar-refractivity contribution in [1.29, 1.82) is 0 Å². The second-order valence-electron chi connectivity index (χ2n) is 6.48. The van der Waals surface area contributed by atoms with Crippen LogP contribution in [0.5, 0.6) is 0 Å². The Morgan fingerprint density at radius 2 is 1.90 bits per heavy atom. The molecule has 5 rings (SSSR count). The summed E-state index contributed by atoms with van der Waals surface area (Å²) in [6.07, 6.45) is 2.00. The number of fused-ring (bicyclic) bond motifs is 5. The lowest BCUT2D eigenvalue weighted by atomic mass is 10.2. The van der Waals surface area contributed by atoms with Crippen molar-refractivity contribution in [2.45, 2.75) is 12.1 Å². The summed E-state index contributed by atoms with van der Waals surface area (Å²) in [7, 11) is 0. The maximum atomic E-state index is 12.0. The van der Waals surface area contributed by atoms with Gasteiger partial charge in [0.25, 0.3) is 0 Å². The molecule has 0 aliphatic heterocycles. The minimum atomic E-state index is -0.337. The average molecular weight is 453 g/mol. The fourth-order valence-corrected chi connectivity index (χ4v) is 5.35. The number of ether oxygens (including phenoxy) is 1. The molecule has 5 aromatic rings. The highest BCUT2D eigenvalue weighted by Gasteiger charge is 2.19. The second-order valence-corrected chi connectivity index (χ2v) is 8.90. The van der Waals surface area contributed by atoms with Crippen molar-refractivity contribution in [2.75, 3.05) is 12.9 Å². The van der Waals surface area contributed by atoms with E-state index in [9.17, 15) is 4.79 Å². The van der Waals surface area contributed by atoms with E-state index >= 15 is 0 Å². The Bertz CT molecular complexity index is 1480. The van der Waals surface area contributed by atoms with Crippen molar-refractivity contribution >= 4 is 68.3 Å². The van der Waals surface area contributed by atoms with Crippen molar-refractivity contribution in [3.05, 3.63) is 58.0 Å². The molecule has 0 aliphatic rings. The first-order valence-corrected chi connectivity index (χ1v) is 11.7. The van der Waals surface area contributed by atoms with E-state index in [-0.39, 0.29) is 5.97 Å². The lowest BCUT2D eigenvalue weighted by Crippen LogP contribution is -2.05. The van der Waals surface area contributed by atoms with Gasteiger partial charge in [0.1, 0.15) is 4.70 Å². The number of imidazole rings is 1. The van der Waals surface area contributed by atoms with Crippen LogP contribution >= 0.6 is 35.3 Å². The van der Waals surface area contributed by atoms with Crippen LogP contribution in [0.4, 0.5) is 0 Å². The number of carbonyl (C=O) groups is 1. The minimum absolute atomic E-state index is 0.337. The molecule has 0 saturated heterocycles. The second kappa shape index (κ2) is 7.50. The molecule has 3 aromatic heterocycles. The topological polar surface area (TPSA) is 61.4 Å². The summed E-state index contributed by atoms with van der Waals surface area (Å²) in [5.74, 6) is -0.337. The molecule has 150 valence electrons. The number of thioether (sulfide) groups is 1. The van der Waals surface area contributed by atoms with Crippen LogP contribution in [0, 0.1) is 3.95 Å². The number of benzene rings is 2. The Kier molecular flexibility index (Phi) is 4.80. The lowest BCUT2D eigenvalue weighted by Gasteiger charge is -2.08. The predicted molar refractivity (Wildman–Crippen MR) is 124 cm³/mol. The molecule has 2 aromatic carbocycles. The zero-order valence-electron chi connectivity index (χ0n) is 16.2. The molecule has 0 radical (unpaired) electrons. The molecule has 0 amide bonds. The quantitative estimate of drug-likeness (QED) is 0.155. The first-order valence-electron chi connectivity index (χ1n) is 9.26. The molecule has 0 fully saturated rings. The third kappa shape index (κ3) is 2.92. The van der Waals surface area contributed by atoms with Gasteiger partial charge < -0.3 is 4.74 Å². The molecule has 0 N–H and O–H groups in total. The van der Waals surface area contributed by atoms with E-state index in [0.717, 1.165) is 37.9 Å². The summed E-state index contributed by atoms with van der Waals surface area (Å²) >= 11 is 8.74. The van der Waals surface area contributed by atoms with Crippen molar-refractivity contribution in [1.82, 2.24) is 18.9 Å². The first-order chi connectivity index (χ1) is 14.6. The van der Waals surface area contributed by atoms with Gasteiger partial charge >= 0.3 is 5.97 Å². The molecule has 0 aliphatic carbocycles. The minimum Gasteiger partial charge on any atom is -0.462 e. The fraction of sp³-hybridized carbons (Fsp3) is 0.143. The fourth-order valence-electron chi connectivity index (χ4n) is 3.45. The van der Waals surface area contributed by atoms with Gasteiger partial charge in [0.2, 0.25) is 0 Å². The number of esters is 1. The number of thiazole rings is 1. The molecule has 30 heavy (non-hydrogen) atoms. The SMILES string of the molecule is CCOC(=O)c1ccc(-n2c(=S)sc3c2nc(SC)n2c4ccccc4nc32)cc1. The Balaban J connectivity index is 1.76. The van der Waals surface area contributed by atoms with Gasteiger partial charge in [-0.25, -0.2) is 14.8 Å². The molecule has 0 spiro atoms. The maximum Gasteiger partial charge on any atom is 0.338 e. The van der Waals surface area contributed by atoms with Crippen LogP contribution < -0.4 is 0 Å². The molecular formula is C21H16N4O2S3. The van der Waals surface area contributed by atoms with E-state index in [1.807, 2.05) is 47.2 Å². The molecule has 0 unspecified atom stereocenters. The monoisotopic (exact) mass is 452 g/mol. The van der Waals surface area contributed by atoms with E-state index in [2.05, 4.69) is 4.40 Å². The molecule has 0 atom stereocenters. The summed E-state index contributed by atoms with van der Waals surface area (Å²) in [5.41, 5.74) is 4.91. The van der Waals surface area contributed by atoms with Crippen molar-refractivity contribution < 1.29 is 9.53 Å². The number of para-hydroxylation sites is 2. The van der Waals surface area contributed by atoms with Crippen LogP contribution in [0.3, 0.4) is 0 Å². The third-order valence-corrected chi connectivity index (χ3v) is 6.76. The van der Waals surface area contributed by atoms with Gasteiger partial charge in [-0.2, -0.15) is 0 Å².